The van der Waals surface area contributed by atoms with E-state index in [1.165, 1.54) is 0 Å². The molecule has 0 bridgehead atoms. The van der Waals surface area contributed by atoms with Crippen molar-refractivity contribution in [2.24, 2.45) is 5.73 Å². The van der Waals surface area contributed by atoms with Crippen molar-refractivity contribution in [2.45, 2.75) is 32.7 Å². The molecule has 1 atom stereocenters. The van der Waals surface area contributed by atoms with Gasteiger partial charge >= 0.3 is 0 Å². The summed E-state index contributed by atoms with van der Waals surface area (Å²) in [4.78, 5) is 11.3. The van der Waals surface area contributed by atoms with Gasteiger partial charge in [0, 0.05) is 12.3 Å². The molecule has 0 spiro atoms. The molecule has 0 aromatic heterocycles. The van der Waals surface area contributed by atoms with Gasteiger partial charge in [-0.25, -0.2) is 8.42 Å². The van der Waals surface area contributed by atoms with Gasteiger partial charge in [-0.05, 0) is 6.42 Å². The zero-order chi connectivity index (χ0) is 11.9. The third-order valence-corrected chi connectivity index (χ3v) is 3.79. The first kappa shape index (κ1) is 14.4. The van der Waals surface area contributed by atoms with E-state index in [0.29, 0.717) is 6.42 Å². The van der Waals surface area contributed by atoms with Crippen molar-refractivity contribution in [2.75, 3.05) is 18.1 Å². The molecule has 0 radical (unpaired) electrons. The van der Waals surface area contributed by atoms with Crippen molar-refractivity contribution in [3.05, 3.63) is 0 Å². The predicted octanol–water partition coefficient (Wildman–Crippen LogP) is -0.335. The maximum atomic E-state index is 11.3. The van der Waals surface area contributed by atoms with Crippen LogP contribution in [0, 0.1) is 0 Å². The predicted molar refractivity (Wildman–Crippen MR) is 60.2 cm³/mol. The van der Waals surface area contributed by atoms with Crippen LogP contribution in [0.3, 0.4) is 0 Å². The molecule has 0 aromatic carbocycles. The van der Waals surface area contributed by atoms with Gasteiger partial charge < -0.3 is 11.1 Å². The summed E-state index contributed by atoms with van der Waals surface area (Å²) >= 11 is 0. The Morgan fingerprint density at radius 1 is 1.40 bits per heavy atom. The fourth-order valence-electron chi connectivity index (χ4n) is 1.05. The molecule has 15 heavy (non-hydrogen) atoms. The van der Waals surface area contributed by atoms with Crippen LogP contribution in [0.2, 0.25) is 0 Å². The Morgan fingerprint density at radius 2 is 2.00 bits per heavy atom. The minimum absolute atomic E-state index is 0.0198. The normalized spacial score (nSPS) is 13.5. The fraction of sp³-hybridized carbons (Fsp3) is 0.889. The molecule has 0 heterocycles. The second-order valence-electron chi connectivity index (χ2n) is 3.42. The number of hydrogen-bond donors (Lipinski definition) is 2. The molecule has 6 heteroatoms. The van der Waals surface area contributed by atoms with Crippen LogP contribution in [0.5, 0.6) is 0 Å². The Bertz CT molecular complexity index is 288. The summed E-state index contributed by atoms with van der Waals surface area (Å²) < 4.78 is 22.2. The van der Waals surface area contributed by atoms with Gasteiger partial charge in [-0.15, -0.1) is 0 Å². The summed E-state index contributed by atoms with van der Waals surface area (Å²) in [7, 11) is -3.01. The summed E-state index contributed by atoms with van der Waals surface area (Å²) in [5.74, 6) is -0.194. The highest BCUT2D eigenvalue weighted by Crippen LogP contribution is 1.93. The fourth-order valence-corrected chi connectivity index (χ4v) is 1.75. The average molecular weight is 236 g/mol. The third-order valence-electron chi connectivity index (χ3n) is 2.09. The Hall–Kier alpha value is -0.620. The number of hydrogen-bond acceptors (Lipinski definition) is 4. The molecule has 0 aliphatic rings. The van der Waals surface area contributed by atoms with Crippen molar-refractivity contribution in [3.8, 4) is 0 Å². The van der Waals surface area contributed by atoms with E-state index in [2.05, 4.69) is 5.32 Å². The Balaban J connectivity index is 3.82. The average Bonchev–Trinajstić information content (AvgIpc) is 2.18. The van der Waals surface area contributed by atoms with E-state index in [-0.39, 0.29) is 24.0 Å². The number of nitrogens with one attached hydrogen (secondary N) is 1. The number of carbonyl (C=O) groups excluding carboxylic acids is 1. The van der Waals surface area contributed by atoms with Gasteiger partial charge in [0.2, 0.25) is 5.91 Å². The van der Waals surface area contributed by atoms with E-state index in [1.807, 2.05) is 6.92 Å². The summed E-state index contributed by atoms with van der Waals surface area (Å²) in [6.07, 6.45) is 1.45. The van der Waals surface area contributed by atoms with Crippen LogP contribution in [0.25, 0.3) is 0 Å². The number of nitrogens with two attached hydrogens (primary N) is 1. The largest absolute Gasteiger partial charge is 0.354 e. The Kier molecular flexibility index (Phi) is 6.51. The van der Waals surface area contributed by atoms with Crippen LogP contribution >= 0.6 is 0 Å². The number of rotatable bonds is 7. The van der Waals surface area contributed by atoms with Crippen LogP contribution in [0.4, 0.5) is 0 Å². The molecule has 0 rings (SSSR count). The minimum Gasteiger partial charge on any atom is -0.354 e. The molecule has 0 fully saturated rings. The molecule has 0 saturated heterocycles. The van der Waals surface area contributed by atoms with Crippen molar-refractivity contribution < 1.29 is 13.2 Å². The highest BCUT2D eigenvalue weighted by atomic mass is 32.2. The SMILES string of the molecule is CCCC(N)C(=O)NCCS(=O)(=O)CC. The standard InChI is InChI=1S/C9H20N2O3S/c1-3-5-8(10)9(12)11-6-7-15(13,14)4-2/h8H,3-7,10H2,1-2H3,(H,11,12). The number of carbonyl (C=O) groups is 1. The van der Waals surface area contributed by atoms with Gasteiger partial charge in [-0.1, -0.05) is 20.3 Å². The van der Waals surface area contributed by atoms with Crippen LogP contribution in [0.1, 0.15) is 26.7 Å². The topological polar surface area (TPSA) is 89.3 Å². The van der Waals surface area contributed by atoms with E-state index in [9.17, 15) is 13.2 Å². The molecule has 90 valence electrons. The van der Waals surface area contributed by atoms with Crippen LogP contribution in [0.15, 0.2) is 0 Å². The van der Waals surface area contributed by atoms with Crippen molar-refractivity contribution in [1.29, 1.82) is 0 Å². The van der Waals surface area contributed by atoms with Crippen LogP contribution < -0.4 is 11.1 Å². The maximum absolute atomic E-state index is 11.3. The lowest BCUT2D eigenvalue weighted by molar-refractivity contribution is -0.122. The van der Waals surface area contributed by atoms with Gasteiger partial charge in [0.05, 0.1) is 11.8 Å². The summed E-state index contributed by atoms with van der Waals surface area (Å²) in [5, 5.41) is 2.51. The zero-order valence-electron chi connectivity index (χ0n) is 9.32. The number of sulfone groups is 1. The first-order valence-electron chi connectivity index (χ1n) is 5.16. The molecule has 0 aliphatic carbocycles. The van der Waals surface area contributed by atoms with Gasteiger partial charge in [-0.3, -0.25) is 4.79 Å². The Morgan fingerprint density at radius 3 is 2.47 bits per heavy atom. The molecule has 0 aliphatic heterocycles. The van der Waals surface area contributed by atoms with Gasteiger partial charge in [-0.2, -0.15) is 0 Å². The van der Waals surface area contributed by atoms with Gasteiger partial charge in [0.1, 0.15) is 0 Å². The number of amides is 1. The summed E-state index contributed by atoms with van der Waals surface area (Å²) in [6, 6.07) is -0.528. The molecule has 5 nitrogen and oxygen atoms in total. The van der Waals surface area contributed by atoms with Crippen molar-refractivity contribution >= 4 is 15.7 Å². The molecule has 3 N–H and O–H groups in total. The van der Waals surface area contributed by atoms with Crippen LogP contribution in [-0.4, -0.2) is 38.4 Å². The maximum Gasteiger partial charge on any atom is 0.236 e. The van der Waals surface area contributed by atoms with E-state index >= 15 is 0 Å². The van der Waals surface area contributed by atoms with Crippen molar-refractivity contribution in [3.63, 3.8) is 0 Å². The third kappa shape index (κ3) is 6.46. The Labute approximate surface area is 91.3 Å². The van der Waals surface area contributed by atoms with Gasteiger partial charge in [0.25, 0.3) is 0 Å². The lowest BCUT2D eigenvalue weighted by atomic mass is 10.2. The molecular weight excluding hydrogens is 216 g/mol. The quantitative estimate of drug-likeness (QED) is 0.633. The van der Waals surface area contributed by atoms with E-state index < -0.39 is 15.9 Å². The van der Waals surface area contributed by atoms with Gasteiger partial charge in [0.15, 0.2) is 9.84 Å². The second-order valence-corrected chi connectivity index (χ2v) is 5.90. The monoisotopic (exact) mass is 236 g/mol. The molecule has 0 saturated carbocycles. The lowest BCUT2D eigenvalue weighted by Crippen LogP contribution is -2.42. The minimum atomic E-state index is -3.01. The highest BCUT2D eigenvalue weighted by Gasteiger charge is 2.13. The first-order chi connectivity index (χ1) is 6.93. The van der Waals surface area contributed by atoms with Crippen LogP contribution in [-0.2, 0) is 14.6 Å². The molecule has 0 aromatic rings. The zero-order valence-corrected chi connectivity index (χ0v) is 10.1. The second kappa shape index (κ2) is 6.79. The van der Waals surface area contributed by atoms with E-state index in [4.69, 9.17) is 5.73 Å². The first-order valence-corrected chi connectivity index (χ1v) is 6.98. The smallest absolute Gasteiger partial charge is 0.236 e. The summed E-state index contributed by atoms with van der Waals surface area (Å²) in [5.41, 5.74) is 5.55. The lowest BCUT2D eigenvalue weighted by Gasteiger charge is -2.10. The summed E-state index contributed by atoms with van der Waals surface area (Å²) in [6.45, 7) is 3.67. The molecule has 1 amide bonds. The van der Waals surface area contributed by atoms with Crippen molar-refractivity contribution in [1.82, 2.24) is 5.32 Å². The molecule has 1 unspecified atom stereocenters. The highest BCUT2D eigenvalue weighted by molar-refractivity contribution is 7.91. The van der Waals surface area contributed by atoms with E-state index in [0.717, 1.165) is 6.42 Å². The molecular formula is C9H20N2O3S. The van der Waals surface area contributed by atoms with E-state index in [1.54, 1.807) is 6.92 Å².